The quantitative estimate of drug-likeness (QED) is 0.695. The summed E-state index contributed by atoms with van der Waals surface area (Å²) in [7, 11) is 1.58. The van der Waals surface area contributed by atoms with Crippen molar-refractivity contribution in [3.63, 3.8) is 0 Å². The van der Waals surface area contributed by atoms with Gasteiger partial charge in [-0.1, -0.05) is 0 Å². The number of urea groups is 1. The molecule has 1 rings (SSSR count). The standard InChI is InChI=1S/C10H17N5O/c1-7-4-5-12-9(14-7)13-6-8(2)15-10(16)11-3/h4-5,8H,6H2,1-3H3,(H2,11,15,16)(H,12,13,14)/t8-/m0/s1. The highest BCUT2D eigenvalue weighted by molar-refractivity contribution is 5.73. The Morgan fingerprint density at radius 2 is 2.31 bits per heavy atom. The molecule has 1 atom stereocenters. The number of carbonyl (C=O) groups is 1. The minimum atomic E-state index is -0.195. The summed E-state index contributed by atoms with van der Waals surface area (Å²) in [5.41, 5.74) is 0.907. The molecule has 2 amide bonds. The van der Waals surface area contributed by atoms with Crippen LogP contribution in [-0.2, 0) is 0 Å². The summed E-state index contributed by atoms with van der Waals surface area (Å²) in [6, 6.07) is 1.64. The zero-order valence-electron chi connectivity index (χ0n) is 9.74. The highest BCUT2D eigenvalue weighted by atomic mass is 16.2. The topological polar surface area (TPSA) is 78.9 Å². The first-order valence-electron chi connectivity index (χ1n) is 5.13. The van der Waals surface area contributed by atoms with Crippen LogP contribution in [0.2, 0.25) is 0 Å². The largest absolute Gasteiger partial charge is 0.352 e. The molecule has 0 fully saturated rings. The first kappa shape index (κ1) is 12.2. The SMILES string of the molecule is CNC(=O)N[C@@H](C)CNc1nccc(C)n1. The number of nitrogens with zero attached hydrogens (tertiary/aromatic N) is 2. The Kier molecular flexibility index (Phi) is 4.50. The van der Waals surface area contributed by atoms with Gasteiger partial charge in [-0.15, -0.1) is 0 Å². The van der Waals surface area contributed by atoms with E-state index < -0.39 is 0 Å². The van der Waals surface area contributed by atoms with Gasteiger partial charge in [0.1, 0.15) is 0 Å². The van der Waals surface area contributed by atoms with Crippen LogP contribution in [0.5, 0.6) is 0 Å². The molecule has 0 saturated heterocycles. The molecule has 0 aliphatic carbocycles. The average molecular weight is 223 g/mol. The maximum absolute atomic E-state index is 11.0. The number of aromatic nitrogens is 2. The van der Waals surface area contributed by atoms with Crippen LogP contribution < -0.4 is 16.0 Å². The van der Waals surface area contributed by atoms with Gasteiger partial charge in [0, 0.05) is 31.5 Å². The van der Waals surface area contributed by atoms with Gasteiger partial charge in [0.15, 0.2) is 0 Å². The van der Waals surface area contributed by atoms with Crippen molar-refractivity contribution < 1.29 is 4.79 Å². The van der Waals surface area contributed by atoms with Crippen molar-refractivity contribution in [3.8, 4) is 0 Å². The van der Waals surface area contributed by atoms with Crippen molar-refractivity contribution in [2.45, 2.75) is 19.9 Å². The molecular weight excluding hydrogens is 206 g/mol. The maximum Gasteiger partial charge on any atom is 0.314 e. The minimum absolute atomic E-state index is 0.00376. The Labute approximate surface area is 94.9 Å². The van der Waals surface area contributed by atoms with Crippen LogP contribution in [0, 0.1) is 6.92 Å². The molecule has 1 aromatic rings. The van der Waals surface area contributed by atoms with Gasteiger partial charge in [-0.25, -0.2) is 14.8 Å². The van der Waals surface area contributed by atoms with E-state index in [1.54, 1.807) is 13.2 Å². The Balaban J connectivity index is 2.37. The third-order valence-corrected chi connectivity index (χ3v) is 1.97. The number of aryl methyl sites for hydroxylation is 1. The van der Waals surface area contributed by atoms with Gasteiger partial charge in [0.05, 0.1) is 0 Å². The predicted octanol–water partition coefficient (Wildman–Crippen LogP) is 0.514. The Hall–Kier alpha value is -1.85. The number of nitrogens with one attached hydrogen (secondary N) is 3. The Morgan fingerprint density at radius 1 is 1.56 bits per heavy atom. The molecule has 88 valence electrons. The van der Waals surface area contributed by atoms with Crippen LogP contribution in [0.15, 0.2) is 12.3 Å². The molecule has 3 N–H and O–H groups in total. The van der Waals surface area contributed by atoms with Crippen LogP contribution in [0.4, 0.5) is 10.7 Å². The van der Waals surface area contributed by atoms with E-state index in [1.807, 2.05) is 19.9 Å². The molecule has 1 heterocycles. The number of hydrogen-bond donors (Lipinski definition) is 3. The van der Waals surface area contributed by atoms with Crippen molar-refractivity contribution in [1.82, 2.24) is 20.6 Å². The zero-order chi connectivity index (χ0) is 12.0. The monoisotopic (exact) mass is 223 g/mol. The highest BCUT2D eigenvalue weighted by Gasteiger charge is 2.05. The third kappa shape index (κ3) is 4.12. The van der Waals surface area contributed by atoms with Crippen molar-refractivity contribution in [1.29, 1.82) is 0 Å². The maximum atomic E-state index is 11.0. The molecule has 0 saturated carbocycles. The molecule has 6 heteroatoms. The van der Waals surface area contributed by atoms with E-state index in [-0.39, 0.29) is 12.1 Å². The molecule has 0 aromatic carbocycles. The number of amides is 2. The second kappa shape index (κ2) is 5.89. The van der Waals surface area contributed by atoms with Crippen molar-refractivity contribution in [2.24, 2.45) is 0 Å². The lowest BCUT2D eigenvalue weighted by Gasteiger charge is -2.14. The normalized spacial score (nSPS) is 11.7. The van der Waals surface area contributed by atoms with E-state index in [1.165, 1.54) is 0 Å². The molecule has 0 bridgehead atoms. The Bertz CT molecular complexity index is 355. The molecule has 0 unspecified atom stereocenters. The third-order valence-electron chi connectivity index (χ3n) is 1.97. The van der Waals surface area contributed by atoms with Crippen molar-refractivity contribution >= 4 is 12.0 Å². The molecule has 0 radical (unpaired) electrons. The molecule has 16 heavy (non-hydrogen) atoms. The van der Waals surface area contributed by atoms with E-state index in [0.717, 1.165) is 5.69 Å². The molecule has 0 spiro atoms. The fraction of sp³-hybridized carbons (Fsp3) is 0.500. The van der Waals surface area contributed by atoms with E-state index in [9.17, 15) is 4.79 Å². The van der Waals surface area contributed by atoms with Gasteiger partial charge in [-0.3, -0.25) is 0 Å². The van der Waals surface area contributed by atoms with Gasteiger partial charge >= 0.3 is 6.03 Å². The fourth-order valence-electron chi connectivity index (χ4n) is 1.13. The van der Waals surface area contributed by atoms with Gasteiger partial charge in [0.25, 0.3) is 0 Å². The highest BCUT2D eigenvalue weighted by Crippen LogP contribution is 1.98. The fourth-order valence-corrected chi connectivity index (χ4v) is 1.13. The summed E-state index contributed by atoms with van der Waals surface area (Å²) in [6.07, 6.45) is 1.70. The van der Waals surface area contributed by atoms with Crippen LogP contribution in [0.3, 0.4) is 0 Å². The summed E-state index contributed by atoms with van der Waals surface area (Å²) in [5.74, 6) is 0.575. The number of anilines is 1. The van der Waals surface area contributed by atoms with Crippen molar-refractivity contribution in [2.75, 3.05) is 18.9 Å². The van der Waals surface area contributed by atoms with Crippen LogP contribution in [-0.4, -0.2) is 35.6 Å². The van der Waals surface area contributed by atoms with Gasteiger partial charge < -0.3 is 16.0 Å². The molecule has 0 aliphatic heterocycles. The van der Waals surface area contributed by atoms with Gasteiger partial charge in [-0.05, 0) is 19.9 Å². The number of carbonyl (C=O) groups excluding carboxylic acids is 1. The lowest BCUT2D eigenvalue weighted by molar-refractivity contribution is 0.240. The minimum Gasteiger partial charge on any atom is -0.352 e. The van der Waals surface area contributed by atoms with Crippen LogP contribution >= 0.6 is 0 Å². The molecule has 1 aromatic heterocycles. The van der Waals surface area contributed by atoms with Crippen LogP contribution in [0.25, 0.3) is 0 Å². The summed E-state index contributed by atoms with van der Waals surface area (Å²) in [4.78, 5) is 19.3. The summed E-state index contributed by atoms with van der Waals surface area (Å²) in [5, 5.41) is 8.29. The lowest BCUT2D eigenvalue weighted by Crippen LogP contribution is -2.42. The summed E-state index contributed by atoms with van der Waals surface area (Å²) >= 11 is 0. The molecule has 0 aliphatic rings. The first-order valence-corrected chi connectivity index (χ1v) is 5.13. The first-order chi connectivity index (χ1) is 7.61. The predicted molar refractivity (Wildman–Crippen MR) is 62.3 cm³/mol. The van der Waals surface area contributed by atoms with E-state index >= 15 is 0 Å². The molecular formula is C10H17N5O. The summed E-state index contributed by atoms with van der Waals surface area (Å²) in [6.45, 7) is 4.38. The zero-order valence-corrected chi connectivity index (χ0v) is 9.74. The average Bonchev–Trinajstić information content (AvgIpc) is 2.26. The van der Waals surface area contributed by atoms with E-state index in [4.69, 9.17) is 0 Å². The van der Waals surface area contributed by atoms with E-state index in [0.29, 0.717) is 12.5 Å². The van der Waals surface area contributed by atoms with Crippen molar-refractivity contribution in [3.05, 3.63) is 18.0 Å². The van der Waals surface area contributed by atoms with Crippen LogP contribution in [0.1, 0.15) is 12.6 Å². The van der Waals surface area contributed by atoms with E-state index in [2.05, 4.69) is 25.9 Å². The number of rotatable bonds is 4. The van der Waals surface area contributed by atoms with Gasteiger partial charge in [-0.2, -0.15) is 0 Å². The second-order valence-electron chi connectivity index (χ2n) is 3.53. The second-order valence-corrected chi connectivity index (χ2v) is 3.53. The smallest absolute Gasteiger partial charge is 0.314 e. The number of hydrogen-bond acceptors (Lipinski definition) is 4. The lowest BCUT2D eigenvalue weighted by atomic mass is 10.3. The Morgan fingerprint density at radius 3 is 2.94 bits per heavy atom. The summed E-state index contributed by atoms with van der Waals surface area (Å²) < 4.78 is 0. The molecule has 6 nitrogen and oxygen atoms in total. The van der Waals surface area contributed by atoms with Gasteiger partial charge in [0.2, 0.25) is 5.95 Å².